The topological polar surface area (TPSA) is 265 Å². The van der Waals surface area contributed by atoms with Crippen LogP contribution in [0.5, 0.6) is 5.75 Å². The molecular formula is C41H49Br2F6N9O9. The van der Waals surface area contributed by atoms with Crippen molar-refractivity contribution in [3.63, 3.8) is 0 Å². The molecule has 2 aliphatic rings. The maximum Gasteiger partial charge on any atom is 0.490 e. The van der Waals surface area contributed by atoms with Crippen molar-refractivity contribution in [1.29, 1.82) is 0 Å². The average molecular weight is 1090 g/mol. The zero-order valence-electron chi connectivity index (χ0n) is 35.5. The number of nitrogens with zero attached hydrogens (tertiary/aromatic N) is 5. The summed E-state index contributed by atoms with van der Waals surface area (Å²) >= 11 is 6.72. The molecule has 6 amide bonds. The molecule has 0 unspecified atom stereocenters. The van der Waals surface area contributed by atoms with Gasteiger partial charge in [0.25, 0.3) is 0 Å². The number of halogens is 8. The Morgan fingerprint density at radius 2 is 1.30 bits per heavy atom. The molecule has 9 N–H and O–H groups in total. The minimum atomic E-state index is -5.08. The molecule has 3 aromatic rings. The molecule has 0 bridgehead atoms. The van der Waals surface area contributed by atoms with Gasteiger partial charge in [-0.1, -0.05) is 18.2 Å². The highest BCUT2D eigenvalue weighted by atomic mass is 79.9. The van der Waals surface area contributed by atoms with Gasteiger partial charge < -0.3 is 52.1 Å². The van der Waals surface area contributed by atoms with E-state index in [9.17, 15) is 50.6 Å². The number of carbonyl (C=O) groups is 6. The number of unbranched alkanes of at least 4 members (excludes halogenated alkanes) is 1. The first kappa shape index (κ1) is 55.4. The molecule has 2 aromatic carbocycles. The lowest BCUT2D eigenvalue weighted by molar-refractivity contribution is -0.193. The van der Waals surface area contributed by atoms with Gasteiger partial charge in [0, 0.05) is 75.5 Å². The second-order valence-corrected chi connectivity index (χ2v) is 16.6. The Hall–Kier alpha value is -5.89. The monoisotopic (exact) mass is 1080 g/mol. The molecule has 26 heteroatoms. The molecular weight excluding hydrogens is 1040 g/mol. The van der Waals surface area contributed by atoms with Gasteiger partial charge in [-0.2, -0.15) is 26.3 Å². The zero-order valence-corrected chi connectivity index (χ0v) is 38.7. The summed E-state index contributed by atoms with van der Waals surface area (Å²) in [5, 5.41) is 30.5. The number of phenolic OH excluding ortho intramolecular Hbond substituents is 1. The number of alkyl halides is 6. The average Bonchev–Trinajstić information content (AvgIpc) is 3.28. The molecule has 3 heterocycles. The lowest BCUT2D eigenvalue weighted by Gasteiger charge is -2.38. The van der Waals surface area contributed by atoms with Crippen molar-refractivity contribution in [3.8, 4) is 5.75 Å². The van der Waals surface area contributed by atoms with Crippen LogP contribution in [0.2, 0.25) is 0 Å². The van der Waals surface area contributed by atoms with Gasteiger partial charge in [0.05, 0.1) is 8.95 Å². The van der Waals surface area contributed by atoms with Crippen LogP contribution in [0.25, 0.3) is 0 Å². The smallest absolute Gasteiger partial charge is 0.490 e. The lowest BCUT2D eigenvalue weighted by atomic mass is 10.0. The van der Waals surface area contributed by atoms with Crippen LogP contribution in [-0.2, 0) is 25.6 Å². The number of aromatic nitrogens is 1. The number of hydrogen-bond donors (Lipinski definition) is 7. The highest BCUT2D eigenvalue weighted by Gasteiger charge is 2.39. The van der Waals surface area contributed by atoms with Crippen LogP contribution in [0.1, 0.15) is 37.7 Å². The molecule has 0 saturated carbocycles. The van der Waals surface area contributed by atoms with Gasteiger partial charge in [0.1, 0.15) is 17.8 Å². The predicted molar refractivity (Wildman–Crippen MR) is 238 cm³/mol. The molecule has 0 spiro atoms. The van der Waals surface area contributed by atoms with Crippen molar-refractivity contribution >= 4 is 79.0 Å². The number of para-hydroxylation sites is 1. The Morgan fingerprint density at radius 3 is 1.78 bits per heavy atom. The third kappa shape index (κ3) is 17.7. The van der Waals surface area contributed by atoms with E-state index in [0.717, 1.165) is 5.69 Å². The first-order valence-corrected chi connectivity index (χ1v) is 21.9. The number of piperazine rings is 1. The number of piperidine rings is 1. The minimum absolute atomic E-state index is 0.0109. The highest BCUT2D eigenvalue weighted by molar-refractivity contribution is 9.11. The number of nitrogens with one attached hydrogen (secondary N) is 2. The molecule has 18 nitrogen and oxygen atoms in total. The third-order valence-corrected chi connectivity index (χ3v) is 11.4. The number of phenols is 1. The van der Waals surface area contributed by atoms with Gasteiger partial charge in [-0.05, 0) is 112 Å². The number of amides is 6. The van der Waals surface area contributed by atoms with Gasteiger partial charge in [0.2, 0.25) is 11.8 Å². The molecule has 1 aromatic heterocycles. The van der Waals surface area contributed by atoms with Crippen LogP contribution in [0.3, 0.4) is 0 Å². The van der Waals surface area contributed by atoms with E-state index in [1.54, 1.807) is 39.2 Å². The molecule has 2 saturated heterocycles. The number of pyridine rings is 1. The largest absolute Gasteiger partial charge is 0.506 e. The second kappa shape index (κ2) is 25.9. The number of benzene rings is 2. The van der Waals surface area contributed by atoms with E-state index in [4.69, 9.17) is 31.3 Å². The van der Waals surface area contributed by atoms with Gasteiger partial charge in [-0.25, -0.2) is 19.2 Å². The van der Waals surface area contributed by atoms with E-state index in [1.807, 2.05) is 42.5 Å². The van der Waals surface area contributed by atoms with Gasteiger partial charge in [0.15, 0.2) is 0 Å². The number of carboxylic acids is 2. The molecule has 368 valence electrons. The van der Waals surface area contributed by atoms with Crippen molar-refractivity contribution in [2.45, 2.75) is 69.0 Å². The molecule has 0 radical (unpaired) electrons. The van der Waals surface area contributed by atoms with Crippen LogP contribution in [-0.4, -0.2) is 142 Å². The van der Waals surface area contributed by atoms with Crippen LogP contribution < -0.4 is 31.9 Å². The number of aromatic hydroxyl groups is 1. The van der Waals surface area contributed by atoms with Crippen molar-refractivity contribution in [2.75, 3.05) is 55.6 Å². The number of nitrogens with two attached hydrogens (primary N) is 2. The van der Waals surface area contributed by atoms with Crippen molar-refractivity contribution in [1.82, 2.24) is 25.4 Å². The Kier molecular flexibility index (Phi) is 21.4. The van der Waals surface area contributed by atoms with E-state index in [0.29, 0.717) is 98.1 Å². The predicted octanol–water partition coefficient (Wildman–Crippen LogP) is 5.21. The minimum Gasteiger partial charge on any atom is -0.506 e. The number of carbonyl (C=O) groups excluding carboxylic acids is 4. The fourth-order valence-corrected chi connectivity index (χ4v) is 8.12. The number of primary amides is 1. The number of anilines is 2. The van der Waals surface area contributed by atoms with Crippen LogP contribution in [0.4, 0.5) is 47.3 Å². The first-order valence-electron chi connectivity index (χ1n) is 20.3. The normalized spacial score (nSPS) is 15.1. The Balaban J connectivity index is 0.000000737. The Labute approximate surface area is 396 Å². The molecule has 2 atom stereocenters. The summed E-state index contributed by atoms with van der Waals surface area (Å²) in [6.45, 7) is 3.40. The summed E-state index contributed by atoms with van der Waals surface area (Å²) in [4.78, 5) is 83.4. The van der Waals surface area contributed by atoms with Crippen LogP contribution in [0, 0.1) is 0 Å². The fourth-order valence-electron chi connectivity index (χ4n) is 6.84. The lowest BCUT2D eigenvalue weighted by Crippen LogP contribution is -2.59. The number of rotatable bonds is 13. The van der Waals surface area contributed by atoms with Crippen molar-refractivity contribution < 1.29 is 70.4 Å². The Bertz CT molecular complexity index is 2080. The van der Waals surface area contributed by atoms with Gasteiger partial charge in [-0.3, -0.25) is 19.5 Å². The summed E-state index contributed by atoms with van der Waals surface area (Å²) < 4.78 is 64.3. The number of hydrogen-bond acceptors (Lipinski definition) is 10. The summed E-state index contributed by atoms with van der Waals surface area (Å²) in [6.07, 6.45) is -3.88. The maximum atomic E-state index is 14.2. The van der Waals surface area contributed by atoms with E-state index in [1.165, 1.54) is 0 Å². The number of urea groups is 2. The number of likely N-dealkylation sites (tertiary alicyclic amines) is 1. The molecule has 2 aliphatic heterocycles. The van der Waals surface area contributed by atoms with Gasteiger partial charge in [-0.15, -0.1) is 0 Å². The van der Waals surface area contributed by atoms with E-state index < -0.39 is 54.3 Å². The molecule has 5 rings (SSSR count). The van der Waals surface area contributed by atoms with E-state index >= 15 is 0 Å². The maximum absolute atomic E-state index is 14.2. The van der Waals surface area contributed by atoms with Gasteiger partial charge >= 0.3 is 36.4 Å². The summed E-state index contributed by atoms with van der Waals surface area (Å²) in [6, 6.07) is 13.4. The van der Waals surface area contributed by atoms with Crippen molar-refractivity contribution in [2.24, 2.45) is 11.5 Å². The van der Waals surface area contributed by atoms with Crippen molar-refractivity contribution in [3.05, 3.63) is 81.5 Å². The van der Waals surface area contributed by atoms with Crippen LogP contribution >= 0.6 is 31.9 Å². The molecule has 67 heavy (non-hydrogen) atoms. The Morgan fingerprint density at radius 1 is 0.776 bits per heavy atom. The third-order valence-electron chi connectivity index (χ3n) is 10.2. The first-order chi connectivity index (χ1) is 31.4. The quantitative estimate of drug-likeness (QED) is 0.0860. The summed E-state index contributed by atoms with van der Waals surface area (Å²) in [5.41, 5.74) is 13.9. The summed E-state index contributed by atoms with van der Waals surface area (Å²) in [7, 11) is 0. The van der Waals surface area contributed by atoms with E-state index in [2.05, 4.69) is 52.4 Å². The highest BCUT2D eigenvalue weighted by Crippen LogP contribution is 2.34. The number of carboxylic acid groups (broad SMARTS) is 2. The second-order valence-electron chi connectivity index (χ2n) is 14.8. The summed E-state index contributed by atoms with van der Waals surface area (Å²) in [5.74, 6) is -6.18. The van der Waals surface area contributed by atoms with E-state index in [-0.39, 0.29) is 24.1 Å². The fraction of sp³-hybridized carbons (Fsp3) is 0.439. The standard InChI is InChI=1S/C37H47Br2N9O5.2C2HF3O2/c38-29-22-25(23-30(39)33(29)49)24-32(44-37(53)47-16-11-28(12-17-47)48(36(41)52)27-6-2-1-3-7-27)34(50)43-31(8-4-5-13-40)35(51)46-20-18-45(19-21-46)26-9-14-42-15-10-26;2*3-2(4,5)1(6)7/h1-3,6-7,9-10,14-15,22-23,28,31-32,49H,4-5,8,11-13,16-21,24,40H2,(H2,41,52)(H,43,50)(H,44,53);2*(H,6,7)/t31-,32+;;/m0../s1. The molecule has 2 fully saturated rings. The molecule has 0 aliphatic carbocycles. The van der Waals surface area contributed by atoms with Crippen LogP contribution in [0.15, 0.2) is 75.9 Å². The number of aliphatic carboxylic acids is 2. The zero-order chi connectivity index (χ0) is 50.1. The SMILES string of the molecule is NCCCC[C@H](NC(=O)[C@@H](Cc1cc(Br)c(O)c(Br)c1)NC(=O)N1CCC(N(C(N)=O)c2ccccc2)CC1)C(=O)N1CCN(c2ccncc2)CC1.O=C(O)C(F)(F)F.O=C(O)C(F)(F)F.